The first kappa shape index (κ1) is 13.0. The number of aryl methyl sites for hydroxylation is 2. The Hall–Kier alpha value is -1.65. The van der Waals surface area contributed by atoms with Crippen molar-refractivity contribution in [1.82, 2.24) is 19.7 Å². The third kappa shape index (κ3) is 2.10. The summed E-state index contributed by atoms with van der Waals surface area (Å²) >= 11 is 0. The van der Waals surface area contributed by atoms with Crippen molar-refractivity contribution in [3.8, 4) is 0 Å². The number of likely N-dealkylation sites (tertiary alicyclic amines) is 1. The molecule has 0 radical (unpaired) electrons. The summed E-state index contributed by atoms with van der Waals surface area (Å²) in [4.78, 5) is 14.8. The van der Waals surface area contributed by atoms with Gasteiger partial charge in [0.05, 0.1) is 6.04 Å². The van der Waals surface area contributed by atoms with Crippen molar-refractivity contribution in [2.45, 2.75) is 45.1 Å². The second kappa shape index (κ2) is 4.97. The van der Waals surface area contributed by atoms with E-state index in [1.807, 2.05) is 6.92 Å². The monoisotopic (exact) mass is 286 g/mol. The van der Waals surface area contributed by atoms with Crippen LogP contribution in [0.2, 0.25) is 0 Å². The van der Waals surface area contributed by atoms with Crippen LogP contribution in [0.3, 0.4) is 0 Å². The van der Waals surface area contributed by atoms with Crippen molar-refractivity contribution < 1.29 is 4.79 Å². The topological polar surface area (TPSA) is 51.0 Å². The smallest absolute Gasteiger partial charge is 0.226 e. The van der Waals surface area contributed by atoms with Gasteiger partial charge in [0, 0.05) is 25.4 Å². The molecule has 1 unspecified atom stereocenters. The quantitative estimate of drug-likeness (QED) is 0.741. The van der Waals surface area contributed by atoms with Gasteiger partial charge < -0.3 is 9.47 Å². The lowest BCUT2D eigenvalue weighted by molar-refractivity contribution is -0.134. The Labute approximate surface area is 125 Å². The lowest BCUT2D eigenvalue weighted by Crippen LogP contribution is -2.35. The van der Waals surface area contributed by atoms with E-state index in [-0.39, 0.29) is 5.92 Å². The van der Waals surface area contributed by atoms with E-state index in [4.69, 9.17) is 0 Å². The summed E-state index contributed by atoms with van der Waals surface area (Å²) in [5, 5.41) is 8.50. The molecule has 0 saturated carbocycles. The second-order valence-corrected chi connectivity index (χ2v) is 6.62. The van der Waals surface area contributed by atoms with E-state index in [2.05, 4.69) is 31.8 Å². The molecule has 5 heteroatoms. The highest BCUT2D eigenvalue weighted by Crippen LogP contribution is 2.37. The predicted octanol–water partition coefficient (Wildman–Crippen LogP) is 1.89. The highest BCUT2D eigenvalue weighted by molar-refractivity contribution is 5.79. The van der Waals surface area contributed by atoms with E-state index < -0.39 is 0 Å². The van der Waals surface area contributed by atoms with Crippen LogP contribution in [0.5, 0.6) is 0 Å². The van der Waals surface area contributed by atoms with Gasteiger partial charge in [0.25, 0.3) is 0 Å². The molecule has 3 atom stereocenters. The Bertz CT molecular complexity index is 591. The first-order valence-electron chi connectivity index (χ1n) is 8.08. The Morgan fingerprint density at radius 2 is 2.14 bits per heavy atom. The molecule has 4 rings (SSSR count). The van der Waals surface area contributed by atoms with E-state index in [0.29, 0.717) is 17.9 Å². The summed E-state index contributed by atoms with van der Waals surface area (Å²) in [7, 11) is 0. The average molecular weight is 286 g/mol. The molecule has 1 amide bonds. The summed E-state index contributed by atoms with van der Waals surface area (Å²) in [5.74, 6) is 3.24. The number of hydrogen-bond acceptors (Lipinski definition) is 3. The molecule has 3 aliphatic rings. The van der Waals surface area contributed by atoms with Crippen LogP contribution in [0.4, 0.5) is 0 Å². The Morgan fingerprint density at radius 3 is 2.95 bits per heavy atom. The van der Waals surface area contributed by atoms with E-state index in [0.717, 1.165) is 56.8 Å². The van der Waals surface area contributed by atoms with Crippen molar-refractivity contribution in [2.24, 2.45) is 11.8 Å². The lowest BCUT2D eigenvalue weighted by atomic mass is 9.93. The van der Waals surface area contributed by atoms with Crippen LogP contribution in [-0.4, -0.2) is 38.7 Å². The molecule has 1 aromatic heterocycles. The second-order valence-electron chi connectivity index (χ2n) is 6.62. The highest BCUT2D eigenvalue weighted by atomic mass is 16.2. The fourth-order valence-electron chi connectivity index (χ4n) is 4.22. The standard InChI is InChI=1S/C16H22N4O/c1-11-17-18-15-8-7-13-9-19(10-14(13)20(11)15)16(21)12-5-3-2-4-6-12/h2-3,12-14H,4-10H2,1H3/t12?,13-,14+/m1/s1. The van der Waals surface area contributed by atoms with Gasteiger partial charge in [-0.3, -0.25) is 4.79 Å². The van der Waals surface area contributed by atoms with Gasteiger partial charge >= 0.3 is 0 Å². The van der Waals surface area contributed by atoms with E-state index >= 15 is 0 Å². The molecule has 1 aromatic rings. The Balaban J connectivity index is 1.53. The largest absolute Gasteiger partial charge is 0.340 e. The number of rotatable bonds is 1. The van der Waals surface area contributed by atoms with Gasteiger partial charge in [-0.2, -0.15) is 0 Å². The SMILES string of the molecule is Cc1nnc2n1[C@H]1CN(C(=O)C3CC=CCC3)C[C@H]1CC2. The van der Waals surface area contributed by atoms with Crippen LogP contribution in [-0.2, 0) is 11.2 Å². The highest BCUT2D eigenvalue weighted by Gasteiger charge is 2.41. The molecule has 1 aliphatic carbocycles. The van der Waals surface area contributed by atoms with Gasteiger partial charge in [0.1, 0.15) is 11.6 Å². The van der Waals surface area contributed by atoms with Crippen molar-refractivity contribution >= 4 is 5.91 Å². The maximum absolute atomic E-state index is 12.7. The molecule has 0 N–H and O–H groups in total. The van der Waals surface area contributed by atoms with Crippen LogP contribution in [0.15, 0.2) is 12.2 Å². The molecular formula is C16H22N4O. The zero-order valence-corrected chi connectivity index (χ0v) is 12.5. The summed E-state index contributed by atoms with van der Waals surface area (Å²) in [5.41, 5.74) is 0. The average Bonchev–Trinajstić information content (AvgIpc) is 3.11. The zero-order chi connectivity index (χ0) is 14.4. The van der Waals surface area contributed by atoms with Gasteiger partial charge in [-0.25, -0.2) is 0 Å². The maximum atomic E-state index is 12.7. The van der Waals surface area contributed by atoms with Crippen LogP contribution in [0, 0.1) is 18.8 Å². The minimum atomic E-state index is 0.205. The van der Waals surface area contributed by atoms with E-state index in [1.54, 1.807) is 0 Å². The molecular weight excluding hydrogens is 264 g/mol. The summed E-state index contributed by atoms with van der Waals surface area (Å²) in [6.45, 7) is 3.78. The third-order valence-corrected chi connectivity index (χ3v) is 5.34. The zero-order valence-electron chi connectivity index (χ0n) is 12.5. The number of amides is 1. The molecule has 1 fully saturated rings. The lowest BCUT2D eigenvalue weighted by Gasteiger charge is -2.26. The number of fused-ring (bicyclic) bond motifs is 3. The van der Waals surface area contributed by atoms with Gasteiger partial charge in [0.2, 0.25) is 5.91 Å². The molecule has 5 nitrogen and oxygen atoms in total. The molecule has 1 saturated heterocycles. The third-order valence-electron chi connectivity index (χ3n) is 5.34. The van der Waals surface area contributed by atoms with Crippen LogP contribution >= 0.6 is 0 Å². The van der Waals surface area contributed by atoms with Crippen molar-refractivity contribution in [2.75, 3.05) is 13.1 Å². The van der Waals surface area contributed by atoms with Gasteiger partial charge in [-0.05, 0) is 38.5 Å². The first-order valence-corrected chi connectivity index (χ1v) is 8.08. The predicted molar refractivity (Wildman–Crippen MR) is 78.7 cm³/mol. The molecule has 3 heterocycles. The summed E-state index contributed by atoms with van der Waals surface area (Å²) < 4.78 is 2.28. The molecule has 21 heavy (non-hydrogen) atoms. The summed E-state index contributed by atoms with van der Waals surface area (Å²) in [6.07, 6.45) is 9.47. The molecule has 2 aliphatic heterocycles. The number of hydrogen-bond donors (Lipinski definition) is 0. The molecule has 0 aromatic carbocycles. The number of carbonyl (C=O) groups excluding carboxylic acids is 1. The normalized spacial score (nSPS) is 31.1. The van der Waals surface area contributed by atoms with Gasteiger partial charge in [-0.15, -0.1) is 10.2 Å². The minimum absolute atomic E-state index is 0.205. The fourth-order valence-corrected chi connectivity index (χ4v) is 4.22. The number of nitrogens with zero attached hydrogens (tertiary/aromatic N) is 4. The Kier molecular flexibility index (Phi) is 3.08. The van der Waals surface area contributed by atoms with Crippen molar-refractivity contribution in [3.05, 3.63) is 23.8 Å². The van der Waals surface area contributed by atoms with E-state index in [9.17, 15) is 4.79 Å². The summed E-state index contributed by atoms with van der Waals surface area (Å²) in [6, 6.07) is 0.395. The van der Waals surface area contributed by atoms with Crippen LogP contribution in [0.25, 0.3) is 0 Å². The first-order chi connectivity index (χ1) is 10.2. The molecule has 0 bridgehead atoms. The van der Waals surface area contributed by atoms with Crippen LogP contribution < -0.4 is 0 Å². The number of carbonyl (C=O) groups is 1. The number of allylic oxidation sites excluding steroid dienone is 2. The molecule has 0 spiro atoms. The Morgan fingerprint density at radius 1 is 1.24 bits per heavy atom. The maximum Gasteiger partial charge on any atom is 0.226 e. The molecule has 112 valence electrons. The fraction of sp³-hybridized carbons (Fsp3) is 0.688. The number of aromatic nitrogens is 3. The minimum Gasteiger partial charge on any atom is -0.340 e. The van der Waals surface area contributed by atoms with Crippen molar-refractivity contribution in [3.63, 3.8) is 0 Å². The van der Waals surface area contributed by atoms with Gasteiger partial charge in [0.15, 0.2) is 0 Å². The van der Waals surface area contributed by atoms with Gasteiger partial charge in [-0.1, -0.05) is 12.2 Å². The van der Waals surface area contributed by atoms with E-state index in [1.165, 1.54) is 0 Å². The van der Waals surface area contributed by atoms with Crippen LogP contribution in [0.1, 0.15) is 43.4 Å². The van der Waals surface area contributed by atoms with Crippen molar-refractivity contribution in [1.29, 1.82) is 0 Å².